The second-order valence-electron chi connectivity index (χ2n) is 21.3. The van der Waals surface area contributed by atoms with E-state index < -0.39 is 6.10 Å². The molecule has 1 unspecified atom stereocenters. The molecule has 444 valence electrons. The summed E-state index contributed by atoms with van der Waals surface area (Å²) >= 11 is 0. The van der Waals surface area contributed by atoms with Crippen LogP contribution < -0.4 is 0 Å². The summed E-state index contributed by atoms with van der Waals surface area (Å²) in [7, 11) is 0. The summed E-state index contributed by atoms with van der Waals surface area (Å²) in [6, 6.07) is 0. The number of hydrogen-bond acceptors (Lipinski definition) is 6. The van der Waals surface area contributed by atoms with E-state index in [4.69, 9.17) is 14.2 Å². The van der Waals surface area contributed by atoms with Crippen molar-refractivity contribution in [3.05, 3.63) is 122 Å². The van der Waals surface area contributed by atoms with Crippen LogP contribution in [0.3, 0.4) is 0 Å². The van der Waals surface area contributed by atoms with Crippen LogP contribution in [-0.4, -0.2) is 37.2 Å². The molecule has 0 aliphatic carbocycles. The van der Waals surface area contributed by atoms with E-state index >= 15 is 0 Å². The van der Waals surface area contributed by atoms with Crippen molar-refractivity contribution in [2.24, 2.45) is 0 Å². The molecule has 0 heterocycles. The summed E-state index contributed by atoms with van der Waals surface area (Å²) in [5, 5.41) is 0. The quantitative estimate of drug-likeness (QED) is 0.0261. The van der Waals surface area contributed by atoms with Gasteiger partial charge in [-0.3, -0.25) is 14.4 Å². The fourth-order valence-corrected chi connectivity index (χ4v) is 8.81. The second kappa shape index (κ2) is 65.3. The number of carbonyl (C=O) groups excluding carboxylic acids is 3. The van der Waals surface area contributed by atoms with Crippen LogP contribution in [-0.2, 0) is 28.6 Å². The van der Waals surface area contributed by atoms with E-state index in [-0.39, 0.29) is 37.5 Å². The van der Waals surface area contributed by atoms with Crippen molar-refractivity contribution >= 4 is 17.9 Å². The number of rotatable bonds is 58. The summed E-state index contributed by atoms with van der Waals surface area (Å²) < 4.78 is 16.9. The SMILES string of the molecule is CC/C=C\C/C=C\C/C=C\C/C=C\C/C=C\CCCC(=O)OC(COC(=O)CCCCCCC/C=C\C/C=C\CCCCCC)COC(=O)CCCCCCCCCCCCCC/C=C\C/C=C\C/C=C\CCCCCCC. The highest BCUT2D eigenvalue weighted by Gasteiger charge is 2.19. The fourth-order valence-electron chi connectivity index (χ4n) is 8.81. The Morgan fingerprint density at radius 1 is 0.269 bits per heavy atom. The minimum absolute atomic E-state index is 0.108. The van der Waals surface area contributed by atoms with E-state index in [1.807, 2.05) is 0 Å². The first-order valence-corrected chi connectivity index (χ1v) is 32.5. The molecule has 0 fully saturated rings. The Morgan fingerprint density at radius 3 is 0.833 bits per heavy atom. The van der Waals surface area contributed by atoms with E-state index in [0.29, 0.717) is 19.3 Å². The molecule has 0 spiro atoms. The molecule has 0 saturated carbocycles. The van der Waals surface area contributed by atoms with E-state index in [1.165, 1.54) is 135 Å². The summed E-state index contributed by atoms with van der Waals surface area (Å²) in [4.78, 5) is 38.3. The van der Waals surface area contributed by atoms with Gasteiger partial charge in [-0.25, -0.2) is 0 Å². The molecule has 6 heteroatoms. The molecule has 6 nitrogen and oxygen atoms in total. The van der Waals surface area contributed by atoms with E-state index in [2.05, 4.69) is 142 Å². The van der Waals surface area contributed by atoms with Crippen molar-refractivity contribution in [3.63, 3.8) is 0 Å². The van der Waals surface area contributed by atoms with Crippen LogP contribution >= 0.6 is 0 Å². The normalized spacial score (nSPS) is 12.9. The number of carbonyl (C=O) groups is 3. The lowest BCUT2D eigenvalue weighted by Crippen LogP contribution is -2.30. The fraction of sp³-hybridized carbons (Fsp3) is 0.681. The monoisotopic (exact) mass is 1080 g/mol. The highest BCUT2D eigenvalue weighted by Crippen LogP contribution is 2.15. The zero-order valence-electron chi connectivity index (χ0n) is 50.9. The number of esters is 3. The largest absolute Gasteiger partial charge is 0.462 e. The van der Waals surface area contributed by atoms with Gasteiger partial charge in [0.15, 0.2) is 6.10 Å². The van der Waals surface area contributed by atoms with Gasteiger partial charge in [0.2, 0.25) is 0 Å². The van der Waals surface area contributed by atoms with Gasteiger partial charge in [-0.05, 0) is 128 Å². The third-order valence-corrected chi connectivity index (χ3v) is 13.7. The molecule has 78 heavy (non-hydrogen) atoms. The average Bonchev–Trinajstić information content (AvgIpc) is 3.44. The maximum atomic E-state index is 12.9. The van der Waals surface area contributed by atoms with Crippen molar-refractivity contribution < 1.29 is 28.6 Å². The summed E-state index contributed by atoms with van der Waals surface area (Å²) in [5.41, 5.74) is 0. The predicted octanol–water partition coefficient (Wildman–Crippen LogP) is 22.4. The maximum absolute atomic E-state index is 12.9. The maximum Gasteiger partial charge on any atom is 0.306 e. The van der Waals surface area contributed by atoms with Crippen LogP contribution in [0.15, 0.2) is 122 Å². The molecule has 0 aromatic carbocycles. The molecule has 1 atom stereocenters. The molecule has 0 rings (SSSR count). The molecule has 0 aliphatic rings. The lowest BCUT2D eigenvalue weighted by atomic mass is 10.0. The molecular weight excluding hydrogens is 961 g/mol. The van der Waals surface area contributed by atoms with E-state index in [9.17, 15) is 14.4 Å². The second-order valence-corrected chi connectivity index (χ2v) is 21.3. The summed E-state index contributed by atoms with van der Waals surface area (Å²) in [6.45, 7) is 6.45. The first-order chi connectivity index (χ1) is 38.5. The van der Waals surface area contributed by atoms with Gasteiger partial charge < -0.3 is 14.2 Å². The van der Waals surface area contributed by atoms with Gasteiger partial charge in [0.05, 0.1) is 0 Å². The third kappa shape index (κ3) is 62.7. The molecule has 0 amide bonds. The molecule has 0 bridgehead atoms. The Hall–Kier alpha value is -4.19. The number of hydrogen-bond donors (Lipinski definition) is 0. The molecule has 0 radical (unpaired) electrons. The Bertz CT molecular complexity index is 1620. The van der Waals surface area contributed by atoms with Gasteiger partial charge >= 0.3 is 17.9 Å². The highest BCUT2D eigenvalue weighted by atomic mass is 16.6. The Labute approximate surface area is 482 Å². The highest BCUT2D eigenvalue weighted by molar-refractivity contribution is 5.71. The van der Waals surface area contributed by atoms with Gasteiger partial charge in [0.1, 0.15) is 13.2 Å². The van der Waals surface area contributed by atoms with Crippen LogP contribution in [0.25, 0.3) is 0 Å². The van der Waals surface area contributed by atoms with Crippen molar-refractivity contribution in [2.45, 2.75) is 303 Å². The standard InChI is InChI=1S/C72H120O6/c1-4-7-10-13-16-19-22-25-28-31-32-33-34-35-36-37-38-39-40-42-44-47-50-53-56-59-62-65-71(74)77-68-69(67-76-70(73)64-61-58-55-52-49-46-43-30-27-24-21-18-15-12-9-6-3)78-72(75)66-63-60-57-54-51-48-45-41-29-26-23-20-17-14-11-8-5-2/h8,11,17,20-22,24-26,29-32,34-35,43,45,48,54,57,69H,4-7,9-10,12-16,18-19,23,27-28,33,36-42,44,46-47,49-53,55-56,58-68H2,1-3H3/b11-8-,20-17-,24-21-,25-22-,29-26-,32-31-,35-34-,43-30-,48-45-,57-54-. The Morgan fingerprint density at radius 2 is 0.513 bits per heavy atom. The number of unbranched alkanes of at least 4 members (excludes halogenated alkanes) is 27. The van der Waals surface area contributed by atoms with Crippen LogP contribution in [0.2, 0.25) is 0 Å². The number of ether oxygens (including phenoxy) is 3. The molecule has 0 N–H and O–H groups in total. The van der Waals surface area contributed by atoms with E-state index in [1.54, 1.807) is 0 Å². The molecule has 0 saturated heterocycles. The topological polar surface area (TPSA) is 78.9 Å². The molecule has 0 aromatic heterocycles. The van der Waals surface area contributed by atoms with Crippen molar-refractivity contribution in [3.8, 4) is 0 Å². The molecular formula is C72H120O6. The predicted molar refractivity (Wildman–Crippen MR) is 339 cm³/mol. The van der Waals surface area contributed by atoms with Gasteiger partial charge in [-0.15, -0.1) is 0 Å². The van der Waals surface area contributed by atoms with Crippen molar-refractivity contribution in [2.75, 3.05) is 13.2 Å². The summed E-state index contributed by atoms with van der Waals surface area (Å²) in [5.74, 6) is -0.979. The van der Waals surface area contributed by atoms with Crippen LogP contribution in [0.4, 0.5) is 0 Å². The van der Waals surface area contributed by atoms with Gasteiger partial charge in [0.25, 0.3) is 0 Å². The number of allylic oxidation sites excluding steroid dienone is 20. The Balaban J connectivity index is 4.40. The lowest BCUT2D eigenvalue weighted by molar-refractivity contribution is -0.167. The minimum atomic E-state index is -0.819. The Kier molecular flexibility index (Phi) is 61.8. The van der Waals surface area contributed by atoms with Gasteiger partial charge in [-0.1, -0.05) is 271 Å². The van der Waals surface area contributed by atoms with Crippen LogP contribution in [0.5, 0.6) is 0 Å². The van der Waals surface area contributed by atoms with Crippen LogP contribution in [0.1, 0.15) is 297 Å². The van der Waals surface area contributed by atoms with Crippen LogP contribution in [0, 0.1) is 0 Å². The van der Waals surface area contributed by atoms with Crippen molar-refractivity contribution in [1.82, 2.24) is 0 Å². The first-order valence-electron chi connectivity index (χ1n) is 32.5. The van der Waals surface area contributed by atoms with Crippen molar-refractivity contribution in [1.29, 1.82) is 0 Å². The van der Waals surface area contributed by atoms with Gasteiger partial charge in [-0.2, -0.15) is 0 Å². The minimum Gasteiger partial charge on any atom is -0.462 e. The lowest BCUT2D eigenvalue weighted by Gasteiger charge is -2.18. The molecule has 0 aliphatic heterocycles. The van der Waals surface area contributed by atoms with Gasteiger partial charge in [0, 0.05) is 19.3 Å². The average molecular weight is 1080 g/mol. The smallest absolute Gasteiger partial charge is 0.306 e. The summed E-state index contributed by atoms with van der Waals surface area (Å²) in [6.07, 6.45) is 90.7. The zero-order valence-corrected chi connectivity index (χ0v) is 50.9. The van der Waals surface area contributed by atoms with E-state index in [0.717, 1.165) is 116 Å². The molecule has 0 aromatic rings. The third-order valence-electron chi connectivity index (χ3n) is 13.7. The first kappa shape index (κ1) is 73.8. The zero-order chi connectivity index (χ0) is 56.4.